The molecule has 5 heteroatoms. The fraction of sp³-hybridized carbons (Fsp3) is 0.0909. The van der Waals surface area contributed by atoms with Gasteiger partial charge in [-0.15, -0.1) is 0 Å². The molecule has 0 spiro atoms. The molecule has 1 heterocycles. The first-order valence-electron chi connectivity index (χ1n) is 8.48. The Morgan fingerprint density at radius 2 is 1.85 bits per heavy atom. The highest BCUT2D eigenvalue weighted by Crippen LogP contribution is 2.23. The standard InChI is InChI=1S/C22H18F2N2O/c1-15(26-22(27)12-10-16-5-2-3-8-20(16)23)17-6-4-7-18(13-17)19-9-11-21(24)25-14-19/h2-15H,1H3,(H,26,27)/b12-10+/t15-/m0/s1. The summed E-state index contributed by atoms with van der Waals surface area (Å²) in [6.07, 6.45) is 4.22. The zero-order valence-corrected chi connectivity index (χ0v) is 14.7. The summed E-state index contributed by atoms with van der Waals surface area (Å²) in [5.74, 6) is -1.23. The SMILES string of the molecule is C[C@H](NC(=O)/C=C/c1ccccc1F)c1cccc(-c2ccc(F)nc2)c1. The van der Waals surface area contributed by atoms with Gasteiger partial charge in [0, 0.05) is 23.4 Å². The van der Waals surface area contributed by atoms with Crippen LogP contribution in [0.15, 0.2) is 72.9 Å². The topological polar surface area (TPSA) is 42.0 Å². The van der Waals surface area contributed by atoms with Crippen molar-refractivity contribution in [3.8, 4) is 11.1 Å². The maximum absolute atomic E-state index is 13.6. The molecule has 0 aliphatic heterocycles. The molecule has 1 amide bonds. The molecule has 0 aliphatic carbocycles. The highest BCUT2D eigenvalue weighted by atomic mass is 19.1. The number of rotatable bonds is 5. The van der Waals surface area contributed by atoms with Gasteiger partial charge in [0.2, 0.25) is 11.9 Å². The van der Waals surface area contributed by atoms with Crippen molar-refractivity contribution in [2.45, 2.75) is 13.0 Å². The zero-order valence-electron chi connectivity index (χ0n) is 14.7. The van der Waals surface area contributed by atoms with Gasteiger partial charge in [0.25, 0.3) is 0 Å². The molecule has 3 nitrogen and oxygen atoms in total. The molecule has 2 aromatic carbocycles. The van der Waals surface area contributed by atoms with E-state index in [-0.39, 0.29) is 17.8 Å². The fourth-order valence-electron chi connectivity index (χ4n) is 2.65. The lowest BCUT2D eigenvalue weighted by Gasteiger charge is -2.14. The summed E-state index contributed by atoms with van der Waals surface area (Å²) in [5.41, 5.74) is 2.91. The molecule has 0 saturated heterocycles. The average Bonchev–Trinajstić information content (AvgIpc) is 2.68. The Morgan fingerprint density at radius 1 is 1.04 bits per heavy atom. The lowest BCUT2D eigenvalue weighted by molar-refractivity contribution is -0.117. The van der Waals surface area contributed by atoms with E-state index in [2.05, 4.69) is 10.3 Å². The molecule has 1 aromatic heterocycles. The Morgan fingerprint density at radius 3 is 2.59 bits per heavy atom. The van der Waals surface area contributed by atoms with Crippen molar-refractivity contribution in [1.29, 1.82) is 0 Å². The molecule has 1 atom stereocenters. The van der Waals surface area contributed by atoms with Crippen LogP contribution in [0.25, 0.3) is 17.2 Å². The maximum Gasteiger partial charge on any atom is 0.244 e. The van der Waals surface area contributed by atoms with Crippen LogP contribution in [-0.4, -0.2) is 10.9 Å². The number of nitrogens with one attached hydrogen (secondary N) is 1. The number of benzene rings is 2. The van der Waals surface area contributed by atoms with E-state index in [0.29, 0.717) is 5.56 Å². The molecule has 3 rings (SSSR count). The Hall–Kier alpha value is -3.34. The van der Waals surface area contributed by atoms with Crippen LogP contribution in [0, 0.1) is 11.8 Å². The Labute approximate surface area is 156 Å². The number of carbonyl (C=O) groups excluding carboxylic acids is 1. The smallest absolute Gasteiger partial charge is 0.244 e. The van der Waals surface area contributed by atoms with E-state index in [4.69, 9.17) is 0 Å². The summed E-state index contributed by atoms with van der Waals surface area (Å²) < 4.78 is 26.6. The minimum absolute atomic E-state index is 0.254. The maximum atomic E-state index is 13.6. The van der Waals surface area contributed by atoms with Gasteiger partial charge in [-0.25, -0.2) is 9.37 Å². The molecular formula is C22H18F2N2O. The molecule has 0 unspecified atom stereocenters. The molecule has 0 saturated carbocycles. The number of pyridine rings is 1. The number of hydrogen-bond acceptors (Lipinski definition) is 2. The summed E-state index contributed by atoms with van der Waals surface area (Å²) in [6.45, 7) is 1.86. The van der Waals surface area contributed by atoms with Gasteiger partial charge in [-0.05, 0) is 48.4 Å². The van der Waals surface area contributed by atoms with Gasteiger partial charge in [0.1, 0.15) is 5.82 Å². The minimum Gasteiger partial charge on any atom is -0.346 e. The molecular weight excluding hydrogens is 346 g/mol. The van der Waals surface area contributed by atoms with Gasteiger partial charge < -0.3 is 5.32 Å². The third kappa shape index (κ3) is 4.85. The third-order valence-electron chi connectivity index (χ3n) is 4.13. The summed E-state index contributed by atoms with van der Waals surface area (Å²) in [7, 11) is 0. The van der Waals surface area contributed by atoms with E-state index >= 15 is 0 Å². The highest BCUT2D eigenvalue weighted by Gasteiger charge is 2.09. The normalized spacial score (nSPS) is 12.1. The summed E-state index contributed by atoms with van der Waals surface area (Å²) >= 11 is 0. The van der Waals surface area contributed by atoms with E-state index in [9.17, 15) is 13.6 Å². The van der Waals surface area contributed by atoms with E-state index < -0.39 is 5.95 Å². The van der Waals surface area contributed by atoms with Crippen molar-refractivity contribution in [1.82, 2.24) is 10.3 Å². The van der Waals surface area contributed by atoms with Crippen LogP contribution < -0.4 is 5.32 Å². The van der Waals surface area contributed by atoms with Gasteiger partial charge in [0.15, 0.2) is 0 Å². The first-order valence-corrected chi connectivity index (χ1v) is 8.48. The van der Waals surface area contributed by atoms with E-state index in [1.54, 1.807) is 24.3 Å². The van der Waals surface area contributed by atoms with Crippen LogP contribution in [-0.2, 0) is 4.79 Å². The van der Waals surface area contributed by atoms with Crippen LogP contribution in [0.5, 0.6) is 0 Å². The first kappa shape index (κ1) is 18.5. The minimum atomic E-state index is -0.530. The van der Waals surface area contributed by atoms with Gasteiger partial charge in [-0.2, -0.15) is 4.39 Å². The summed E-state index contributed by atoms with van der Waals surface area (Å²) in [5, 5.41) is 2.85. The van der Waals surface area contributed by atoms with E-state index in [0.717, 1.165) is 16.7 Å². The van der Waals surface area contributed by atoms with E-state index in [1.165, 1.54) is 30.5 Å². The van der Waals surface area contributed by atoms with Gasteiger partial charge in [0.05, 0.1) is 6.04 Å². The van der Waals surface area contributed by atoms with Gasteiger partial charge in [-0.3, -0.25) is 4.79 Å². The molecule has 0 fully saturated rings. The fourth-order valence-corrected chi connectivity index (χ4v) is 2.65. The number of carbonyl (C=O) groups is 1. The van der Waals surface area contributed by atoms with Crippen LogP contribution in [0.3, 0.4) is 0 Å². The predicted octanol–water partition coefficient (Wildman–Crippen LogP) is 4.92. The Balaban J connectivity index is 1.70. The quantitative estimate of drug-likeness (QED) is 0.516. The Bertz CT molecular complexity index is 968. The molecule has 3 aromatic rings. The highest BCUT2D eigenvalue weighted by molar-refractivity contribution is 5.92. The number of aromatic nitrogens is 1. The van der Waals surface area contributed by atoms with Gasteiger partial charge in [-0.1, -0.05) is 36.4 Å². The van der Waals surface area contributed by atoms with Crippen LogP contribution in [0.2, 0.25) is 0 Å². The largest absolute Gasteiger partial charge is 0.346 e. The second-order valence-electron chi connectivity index (χ2n) is 6.08. The van der Waals surface area contributed by atoms with Crippen molar-refractivity contribution in [2.75, 3.05) is 0 Å². The van der Waals surface area contributed by atoms with Crippen LogP contribution >= 0.6 is 0 Å². The average molecular weight is 364 g/mol. The van der Waals surface area contributed by atoms with Crippen molar-refractivity contribution in [3.05, 3.63) is 95.8 Å². The first-order chi connectivity index (χ1) is 13.0. The second-order valence-corrected chi connectivity index (χ2v) is 6.08. The predicted molar refractivity (Wildman–Crippen MR) is 102 cm³/mol. The van der Waals surface area contributed by atoms with Crippen molar-refractivity contribution in [3.63, 3.8) is 0 Å². The lowest BCUT2D eigenvalue weighted by Crippen LogP contribution is -2.24. The third-order valence-corrected chi connectivity index (χ3v) is 4.13. The monoisotopic (exact) mass is 364 g/mol. The van der Waals surface area contributed by atoms with E-state index in [1.807, 2.05) is 31.2 Å². The molecule has 0 radical (unpaired) electrons. The second kappa shape index (κ2) is 8.36. The zero-order chi connectivity index (χ0) is 19.2. The summed E-state index contributed by atoms with van der Waals surface area (Å²) in [6, 6.07) is 16.5. The number of halogens is 2. The number of nitrogens with zero attached hydrogens (tertiary/aromatic N) is 1. The van der Waals surface area contributed by atoms with Crippen LogP contribution in [0.4, 0.5) is 8.78 Å². The molecule has 0 aliphatic rings. The van der Waals surface area contributed by atoms with Crippen molar-refractivity contribution in [2.24, 2.45) is 0 Å². The van der Waals surface area contributed by atoms with Crippen molar-refractivity contribution < 1.29 is 13.6 Å². The number of hydrogen-bond donors (Lipinski definition) is 1. The van der Waals surface area contributed by atoms with Crippen molar-refractivity contribution >= 4 is 12.0 Å². The molecule has 136 valence electrons. The molecule has 27 heavy (non-hydrogen) atoms. The summed E-state index contributed by atoms with van der Waals surface area (Å²) in [4.78, 5) is 15.8. The van der Waals surface area contributed by atoms with Gasteiger partial charge >= 0.3 is 0 Å². The molecule has 1 N–H and O–H groups in total. The molecule has 0 bridgehead atoms. The Kier molecular flexibility index (Phi) is 5.71. The lowest BCUT2D eigenvalue weighted by atomic mass is 10.0. The number of amides is 1. The van der Waals surface area contributed by atoms with Crippen LogP contribution in [0.1, 0.15) is 24.1 Å².